The highest BCUT2D eigenvalue weighted by Gasteiger charge is 2.31. The Balaban J connectivity index is 1.54. The molecular formula is C22H27N3O4S2. The van der Waals surface area contributed by atoms with Crippen LogP contribution in [0.4, 0.5) is 5.00 Å². The molecule has 0 unspecified atom stereocenters. The second kappa shape index (κ2) is 8.72. The first-order valence-corrected chi connectivity index (χ1v) is 12.9. The van der Waals surface area contributed by atoms with Gasteiger partial charge in [-0.25, -0.2) is 8.42 Å². The Hall–Kier alpha value is -2.23. The first-order chi connectivity index (χ1) is 14.8. The predicted octanol–water partition coefficient (Wildman–Crippen LogP) is 3.41. The molecule has 9 heteroatoms. The number of nitrogens with one attached hydrogen (secondary N) is 2. The quantitative estimate of drug-likeness (QED) is 0.713. The molecule has 2 amide bonds. The van der Waals surface area contributed by atoms with E-state index in [9.17, 15) is 18.0 Å². The lowest BCUT2D eigenvalue weighted by Gasteiger charge is -2.32. The molecule has 1 aliphatic heterocycles. The van der Waals surface area contributed by atoms with E-state index in [0.29, 0.717) is 22.7 Å². The molecule has 2 N–H and O–H groups in total. The van der Waals surface area contributed by atoms with Crippen molar-refractivity contribution in [2.75, 3.05) is 18.9 Å². The Kier molecular flexibility index (Phi) is 6.18. The molecule has 2 aromatic rings. The second-order valence-corrected chi connectivity index (χ2v) is 11.1. The van der Waals surface area contributed by atoms with Gasteiger partial charge in [-0.1, -0.05) is 6.42 Å². The van der Waals surface area contributed by atoms with E-state index in [1.165, 1.54) is 35.6 Å². The summed E-state index contributed by atoms with van der Waals surface area (Å²) in [6.45, 7) is 2.46. The third-order valence-electron chi connectivity index (χ3n) is 6.07. The number of piperidine rings is 1. The molecule has 1 aromatic carbocycles. The van der Waals surface area contributed by atoms with E-state index >= 15 is 0 Å². The highest BCUT2D eigenvalue weighted by molar-refractivity contribution is 7.89. The van der Waals surface area contributed by atoms with Crippen molar-refractivity contribution >= 4 is 38.2 Å². The summed E-state index contributed by atoms with van der Waals surface area (Å²) in [6, 6.07) is 6.00. The molecular weight excluding hydrogens is 434 g/mol. The van der Waals surface area contributed by atoms with E-state index in [2.05, 4.69) is 10.6 Å². The van der Waals surface area contributed by atoms with Gasteiger partial charge in [-0.15, -0.1) is 11.3 Å². The van der Waals surface area contributed by atoms with Crippen LogP contribution in [0.25, 0.3) is 0 Å². The van der Waals surface area contributed by atoms with Crippen LogP contribution in [0.1, 0.15) is 63.8 Å². The lowest BCUT2D eigenvalue weighted by Crippen LogP contribution is -2.41. The van der Waals surface area contributed by atoms with Crippen LogP contribution in [0.2, 0.25) is 0 Å². The van der Waals surface area contributed by atoms with Gasteiger partial charge >= 0.3 is 0 Å². The van der Waals surface area contributed by atoms with E-state index in [4.69, 9.17) is 0 Å². The maximum atomic E-state index is 13.0. The van der Waals surface area contributed by atoms with Gasteiger partial charge in [0, 0.05) is 30.1 Å². The second-order valence-electron chi connectivity index (χ2n) is 8.08. The van der Waals surface area contributed by atoms with Gasteiger partial charge in [0.05, 0.1) is 10.5 Å². The number of carbonyl (C=O) groups is 2. The van der Waals surface area contributed by atoms with E-state index in [1.54, 1.807) is 11.4 Å². The fraction of sp³-hybridized carbons (Fsp3) is 0.455. The number of rotatable bonds is 5. The van der Waals surface area contributed by atoms with Gasteiger partial charge in [-0.05, 0) is 68.9 Å². The topological polar surface area (TPSA) is 95.6 Å². The van der Waals surface area contributed by atoms with Crippen LogP contribution in [0.15, 0.2) is 29.2 Å². The first-order valence-electron chi connectivity index (χ1n) is 10.6. The SMILES string of the molecule is CNC(=O)c1c(NC(=O)c2ccc(S(=O)(=O)N3CCCC[C@@H]3C)cc2)sc2c1CCC2. The number of thiophene rings is 1. The van der Waals surface area contributed by atoms with Crippen molar-refractivity contribution in [3.05, 3.63) is 45.8 Å². The standard InChI is InChI=1S/C22H27N3O4S2/c1-14-6-3-4-13-25(14)31(28,29)16-11-9-15(10-12-16)20(26)24-22-19(21(27)23-2)17-7-5-8-18(17)30-22/h9-12,14H,3-8,13H2,1-2H3,(H,23,27)(H,24,26)/t14-/m0/s1. The molecule has 0 radical (unpaired) electrons. The van der Waals surface area contributed by atoms with E-state index in [0.717, 1.165) is 49.0 Å². The zero-order chi connectivity index (χ0) is 22.2. The van der Waals surface area contributed by atoms with Crippen molar-refractivity contribution in [1.29, 1.82) is 0 Å². The average Bonchev–Trinajstić information content (AvgIpc) is 3.34. The van der Waals surface area contributed by atoms with Crippen LogP contribution < -0.4 is 10.6 Å². The number of amides is 2. The molecule has 1 aromatic heterocycles. The van der Waals surface area contributed by atoms with Gasteiger partial charge < -0.3 is 10.6 Å². The molecule has 2 heterocycles. The third-order valence-corrected chi connectivity index (χ3v) is 9.30. The number of carbonyl (C=O) groups excluding carboxylic acids is 2. The summed E-state index contributed by atoms with van der Waals surface area (Å²) in [6.07, 6.45) is 5.54. The summed E-state index contributed by atoms with van der Waals surface area (Å²) < 4.78 is 27.5. The van der Waals surface area contributed by atoms with Crippen molar-refractivity contribution in [2.24, 2.45) is 0 Å². The van der Waals surface area contributed by atoms with Crippen molar-refractivity contribution in [1.82, 2.24) is 9.62 Å². The smallest absolute Gasteiger partial charge is 0.256 e. The number of nitrogens with zero attached hydrogens (tertiary/aromatic N) is 1. The van der Waals surface area contributed by atoms with Gasteiger partial charge in [0.25, 0.3) is 11.8 Å². The molecule has 1 aliphatic carbocycles. The Bertz CT molecular complexity index is 1110. The molecule has 1 atom stereocenters. The lowest BCUT2D eigenvalue weighted by molar-refractivity contribution is 0.0963. The third kappa shape index (κ3) is 4.14. The Morgan fingerprint density at radius 1 is 1.06 bits per heavy atom. The van der Waals surface area contributed by atoms with Crippen LogP contribution in [-0.2, 0) is 22.9 Å². The number of benzene rings is 1. The summed E-state index contributed by atoms with van der Waals surface area (Å²) in [5, 5.41) is 6.06. The van der Waals surface area contributed by atoms with E-state index in [-0.39, 0.29) is 22.8 Å². The summed E-state index contributed by atoms with van der Waals surface area (Å²) in [7, 11) is -2.00. The molecule has 166 valence electrons. The maximum absolute atomic E-state index is 13.0. The first kappa shape index (κ1) is 22.0. The summed E-state index contributed by atoms with van der Waals surface area (Å²) in [5.41, 5.74) is 1.92. The van der Waals surface area contributed by atoms with Gasteiger partial charge in [-0.2, -0.15) is 4.31 Å². The average molecular weight is 462 g/mol. The molecule has 0 saturated carbocycles. The van der Waals surface area contributed by atoms with Crippen LogP contribution in [0, 0.1) is 0 Å². The van der Waals surface area contributed by atoms with Crippen LogP contribution >= 0.6 is 11.3 Å². The minimum atomic E-state index is -3.58. The largest absolute Gasteiger partial charge is 0.355 e. The minimum absolute atomic E-state index is 0.0226. The highest BCUT2D eigenvalue weighted by atomic mass is 32.2. The number of aryl methyl sites for hydroxylation is 1. The number of hydrogen-bond donors (Lipinski definition) is 2. The number of fused-ring (bicyclic) bond motifs is 1. The van der Waals surface area contributed by atoms with Crippen LogP contribution in [0.3, 0.4) is 0 Å². The number of hydrogen-bond acceptors (Lipinski definition) is 5. The Morgan fingerprint density at radius 3 is 2.48 bits per heavy atom. The number of anilines is 1. The Labute approximate surface area is 186 Å². The molecule has 4 rings (SSSR count). The Morgan fingerprint density at radius 2 is 1.81 bits per heavy atom. The minimum Gasteiger partial charge on any atom is -0.355 e. The van der Waals surface area contributed by atoms with Gasteiger partial charge in [-0.3, -0.25) is 9.59 Å². The van der Waals surface area contributed by atoms with Crippen LogP contribution in [-0.4, -0.2) is 44.2 Å². The zero-order valence-corrected chi connectivity index (χ0v) is 19.4. The zero-order valence-electron chi connectivity index (χ0n) is 17.7. The summed E-state index contributed by atoms with van der Waals surface area (Å²) in [5.74, 6) is -0.563. The fourth-order valence-corrected chi connectivity index (χ4v) is 7.36. The number of sulfonamides is 1. The molecule has 7 nitrogen and oxygen atoms in total. The van der Waals surface area contributed by atoms with Gasteiger partial charge in [0.1, 0.15) is 5.00 Å². The van der Waals surface area contributed by atoms with E-state index < -0.39 is 10.0 Å². The fourth-order valence-electron chi connectivity index (χ4n) is 4.38. The van der Waals surface area contributed by atoms with Gasteiger partial charge in [0.15, 0.2) is 0 Å². The maximum Gasteiger partial charge on any atom is 0.256 e. The summed E-state index contributed by atoms with van der Waals surface area (Å²) in [4.78, 5) is 26.5. The van der Waals surface area contributed by atoms with Crippen molar-refractivity contribution in [3.63, 3.8) is 0 Å². The lowest BCUT2D eigenvalue weighted by atomic mass is 10.1. The monoisotopic (exact) mass is 461 g/mol. The predicted molar refractivity (Wildman–Crippen MR) is 121 cm³/mol. The molecule has 1 saturated heterocycles. The molecule has 0 bridgehead atoms. The van der Waals surface area contributed by atoms with Crippen molar-refractivity contribution in [2.45, 2.75) is 56.4 Å². The molecule has 0 spiro atoms. The normalized spacial score (nSPS) is 19.1. The van der Waals surface area contributed by atoms with E-state index in [1.807, 2.05) is 6.92 Å². The molecule has 1 fully saturated rings. The van der Waals surface area contributed by atoms with Gasteiger partial charge in [0.2, 0.25) is 10.0 Å². The molecule has 2 aliphatic rings. The van der Waals surface area contributed by atoms with Crippen LogP contribution in [0.5, 0.6) is 0 Å². The highest BCUT2D eigenvalue weighted by Crippen LogP contribution is 2.39. The molecule has 31 heavy (non-hydrogen) atoms. The van der Waals surface area contributed by atoms with Crippen molar-refractivity contribution in [3.8, 4) is 0 Å². The summed E-state index contributed by atoms with van der Waals surface area (Å²) >= 11 is 1.45. The van der Waals surface area contributed by atoms with Crippen molar-refractivity contribution < 1.29 is 18.0 Å².